The molecule has 28 heavy (non-hydrogen) atoms. The first-order valence-corrected chi connectivity index (χ1v) is 10.5. The Hall–Kier alpha value is -2.08. The number of rotatable bonds is 5. The fourth-order valence-corrected chi connectivity index (χ4v) is 4.27. The molecule has 1 atom stereocenters. The molecule has 1 aliphatic carbocycles. The summed E-state index contributed by atoms with van der Waals surface area (Å²) in [4.78, 5) is 28.7. The second-order valence-electron chi connectivity index (χ2n) is 8.06. The van der Waals surface area contributed by atoms with E-state index in [-0.39, 0.29) is 11.9 Å². The lowest BCUT2D eigenvalue weighted by Gasteiger charge is -2.40. The molecule has 1 aliphatic heterocycles. The van der Waals surface area contributed by atoms with Gasteiger partial charge < -0.3 is 15.0 Å². The molecule has 0 aromatic heterocycles. The van der Waals surface area contributed by atoms with Crippen molar-refractivity contribution in [2.75, 3.05) is 38.2 Å². The summed E-state index contributed by atoms with van der Waals surface area (Å²) in [6.45, 7) is 5.26. The van der Waals surface area contributed by atoms with E-state index in [0.717, 1.165) is 38.2 Å². The van der Waals surface area contributed by atoms with Gasteiger partial charge in [-0.2, -0.15) is 0 Å². The van der Waals surface area contributed by atoms with Gasteiger partial charge in [0.2, 0.25) is 5.91 Å². The molecule has 6 heteroatoms. The first-order chi connectivity index (χ1) is 13.6. The number of anilines is 1. The molecule has 1 saturated heterocycles. The van der Waals surface area contributed by atoms with Crippen LogP contribution < -0.4 is 10.2 Å². The number of nitrogens with one attached hydrogen (secondary N) is 1. The van der Waals surface area contributed by atoms with Crippen molar-refractivity contribution >= 4 is 17.6 Å². The van der Waals surface area contributed by atoms with Gasteiger partial charge in [-0.15, -0.1) is 0 Å². The highest BCUT2D eigenvalue weighted by atomic mass is 16.5. The van der Waals surface area contributed by atoms with E-state index >= 15 is 0 Å². The van der Waals surface area contributed by atoms with Crippen LogP contribution >= 0.6 is 0 Å². The van der Waals surface area contributed by atoms with Crippen molar-refractivity contribution < 1.29 is 14.3 Å². The van der Waals surface area contributed by atoms with E-state index in [2.05, 4.69) is 22.0 Å². The van der Waals surface area contributed by atoms with Crippen LogP contribution in [0.4, 0.5) is 5.69 Å². The Morgan fingerprint density at radius 3 is 2.36 bits per heavy atom. The van der Waals surface area contributed by atoms with Gasteiger partial charge >= 0.3 is 5.97 Å². The van der Waals surface area contributed by atoms with Crippen LogP contribution in [-0.4, -0.2) is 62.1 Å². The molecule has 0 radical (unpaired) electrons. The number of esters is 1. The normalized spacial score (nSPS) is 21.8. The number of hydrogen-bond donors (Lipinski definition) is 1. The quantitative estimate of drug-likeness (QED) is 0.622. The predicted octanol–water partition coefficient (Wildman–Crippen LogP) is 2.82. The van der Waals surface area contributed by atoms with E-state index < -0.39 is 0 Å². The minimum atomic E-state index is -0.315. The van der Waals surface area contributed by atoms with Crippen molar-refractivity contribution in [3.8, 4) is 0 Å². The third kappa shape index (κ3) is 5.47. The molecule has 1 heterocycles. The first kappa shape index (κ1) is 20.6. The standard InChI is InChI=1S/C22H33N3O3/c1-17-15-25(20-11-9-18(10-12-20)22(27)28-2)14-13-24(17)16-21(26)23-19-7-5-3-4-6-8-19/h9-12,17,19H,3-8,13-16H2,1-2H3,(H,23,26). The molecule has 3 rings (SSSR count). The Balaban J connectivity index is 1.49. The SMILES string of the molecule is COC(=O)c1ccc(N2CCN(CC(=O)NC3CCCCCC3)C(C)C2)cc1. The molecule has 0 spiro atoms. The Kier molecular flexibility index (Phi) is 7.31. The first-order valence-electron chi connectivity index (χ1n) is 10.5. The topological polar surface area (TPSA) is 61.9 Å². The number of benzene rings is 1. The van der Waals surface area contributed by atoms with E-state index in [1.54, 1.807) is 12.1 Å². The van der Waals surface area contributed by atoms with E-state index in [1.165, 1.54) is 32.8 Å². The number of nitrogens with zero attached hydrogens (tertiary/aromatic N) is 2. The smallest absolute Gasteiger partial charge is 0.337 e. The predicted molar refractivity (Wildman–Crippen MR) is 111 cm³/mol. The lowest BCUT2D eigenvalue weighted by molar-refractivity contribution is -0.123. The van der Waals surface area contributed by atoms with Crippen LogP contribution in [0, 0.1) is 0 Å². The van der Waals surface area contributed by atoms with E-state index in [0.29, 0.717) is 24.2 Å². The Morgan fingerprint density at radius 2 is 1.75 bits per heavy atom. The summed E-state index contributed by atoms with van der Waals surface area (Å²) < 4.78 is 4.75. The van der Waals surface area contributed by atoms with Crippen LogP contribution in [0.3, 0.4) is 0 Å². The number of ether oxygens (including phenoxy) is 1. The van der Waals surface area contributed by atoms with E-state index in [1.807, 2.05) is 12.1 Å². The summed E-state index contributed by atoms with van der Waals surface area (Å²) in [6.07, 6.45) is 7.30. The average Bonchev–Trinajstić information content (AvgIpc) is 2.97. The van der Waals surface area contributed by atoms with Crippen LogP contribution in [-0.2, 0) is 9.53 Å². The van der Waals surface area contributed by atoms with Crippen molar-refractivity contribution in [3.63, 3.8) is 0 Å². The van der Waals surface area contributed by atoms with Gasteiger partial charge in [-0.3, -0.25) is 9.69 Å². The van der Waals surface area contributed by atoms with Crippen molar-refractivity contribution in [3.05, 3.63) is 29.8 Å². The summed E-state index contributed by atoms with van der Waals surface area (Å²) >= 11 is 0. The van der Waals surface area contributed by atoms with Gasteiger partial charge in [0, 0.05) is 37.4 Å². The zero-order valence-corrected chi connectivity index (χ0v) is 17.2. The van der Waals surface area contributed by atoms with Crippen molar-refractivity contribution in [2.45, 2.75) is 57.5 Å². The summed E-state index contributed by atoms with van der Waals surface area (Å²) in [5.74, 6) is -0.154. The van der Waals surface area contributed by atoms with Gasteiger partial charge in [0.15, 0.2) is 0 Å². The molecule has 1 aromatic carbocycles. The maximum absolute atomic E-state index is 12.5. The highest BCUT2D eigenvalue weighted by molar-refractivity contribution is 5.89. The highest BCUT2D eigenvalue weighted by Crippen LogP contribution is 2.21. The summed E-state index contributed by atoms with van der Waals surface area (Å²) in [7, 11) is 1.39. The molecule has 6 nitrogen and oxygen atoms in total. The number of amides is 1. The fraction of sp³-hybridized carbons (Fsp3) is 0.636. The molecule has 1 aromatic rings. The maximum atomic E-state index is 12.5. The van der Waals surface area contributed by atoms with Crippen LogP contribution in [0.5, 0.6) is 0 Å². The minimum Gasteiger partial charge on any atom is -0.465 e. The number of piperazine rings is 1. The maximum Gasteiger partial charge on any atom is 0.337 e. The summed E-state index contributed by atoms with van der Waals surface area (Å²) in [5.41, 5.74) is 1.66. The Morgan fingerprint density at radius 1 is 1.07 bits per heavy atom. The Labute approximate surface area is 168 Å². The molecule has 154 valence electrons. The van der Waals surface area contributed by atoms with Crippen LogP contribution in [0.15, 0.2) is 24.3 Å². The second kappa shape index (κ2) is 9.92. The second-order valence-corrected chi connectivity index (χ2v) is 8.06. The largest absolute Gasteiger partial charge is 0.465 e. The van der Waals surface area contributed by atoms with E-state index in [9.17, 15) is 9.59 Å². The molecule has 0 bridgehead atoms. The molecule has 1 saturated carbocycles. The third-order valence-corrected chi connectivity index (χ3v) is 5.99. The molecule has 1 unspecified atom stereocenters. The Bertz CT molecular complexity index is 653. The van der Waals surface area contributed by atoms with Crippen LogP contribution in [0.2, 0.25) is 0 Å². The monoisotopic (exact) mass is 387 g/mol. The van der Waals surface area contributed by atoms with Gasteiger partial charge in [0.25, 0.3) is 0 Å². The molecular formula is C22H33N3O3. The van der Waals surface area contributed by atoms with Crippen molar-refractivity contribution in [2.24, 2.45) is 0 Å². The van der Waals surface area contributed by atoms with Gasteiger partial charge in [-0.25, -0.2) is 4.79 Å². The number of carbonyl (C=O) groups is 2. The lowest BCUT2D eigenvalue weighted by atomic mass is 10.1. The molecule has 2 aliphatic rings. The van der Waals surface area contributed by atoms with Crippen LogP contribution in [0.25, 0.3) is 0 Å². The fourth-order valence-electron chi connectivity index (χ4n) is 4.27. The summed E-state index contributed by atoms with van der Waals surface area (Å²) in [6, 6.07) is 8.20. The third-order valence-electron chi connectivity index (χ3n) is 5.99. The highest BCUT2D eigenvalue weighted by Gasteiger charge is 2.26. The van der Waals surface area contributed by atoms with Gasteiger partial charge in [-0.1, -0.05) is 25.7 Å². The molecular weight excluding hydrogens is 354 g/mol. The van der Waals surface area contributed by atoms with Crippen molar-refractivity contribution in [1.29, 1.82) is 0 Å². The molecule has 1 N–H and O–H groups in total. The number of methoxy groups -OCH3 is 1. The summed E-state index contributed by atoms with van der Waals surface area (Å²) in [5, 5.41) is 3.25. The number of hydrogen-bond acceptors (Lipinski definition) is 5. The lowest BCUT2D eigenvalue weighted by Crippen LogP contribution is -2.55. The minimum absolute atomic E-state index is 0.162. The molecule has 2 fully saturated rings. The van der Waals surface area contributed by atoms with Crippen molar-refractivity contribution in [1.82, 2.24) is 10.2 Å². The molecule has 1 amide bonds. The van der Waals surface area contributed by atoms with Gasteiger partial charge in [-0.05, 0) is 44.0 Å². The number of carbonyl (C=O) groups excluding carboxylic acids is 2. The zero-order chi connectivity index (χ0) is 19.9. The van der Waals surface area contributed by atoms with E-state index in [4.69, 9.17) is 4.74 Å². The van der Waals surface area contributed by atoms with Crippen LogP contribution in [0.1, 0.15) is 55.8 Å². The zero-order valence-electron chi connectivity index (χ0n) is 17.2. The average molecular weight is 388 g/mol. The van der Waals surface area contributed by atoms with Gasteiger partial charge in [0.1, 0.15) is 0 Å². The van der Waals surface area contributed by atoms with Gasteiger partial charge in [0.05, 0.1) is 19.2 Å².